The third-order valence-corrected chi connectivity index (χ3v) is 3.53. The van der Waals surface area contributed by atoms with Gasteiger partial charge in [-0.1, -0.05) is 6.07 Å². The fourth-order valence-corrected chi connectivity index (χ4v) is 2.39. The Labute approximate surface area is 152 Å². The van der Waals surface area contributed by atoms with E-state index >= 15 is 0 Å². The molecule has 0 aromatic heterocycles. The van der Waals surface area contributed by atoms with E-state index in [1.165, 1.54) is 14.2 Å². The Hall–Kier alpha value is -3.06. The van der Waals surface area contributed by atoms with Gasteiger partial charge < -0.3 is 25.0 Å². The van der Waals surface area contributed by atoms with E-state index in [1.807, 2.05) is 14.1 Å². The number of para-hydroxylation sites is 1. The second-order valence-corrected chi connectivity index (χ2v) is 5.86. The molecule has 2 aromatic carbocycles. The van der Waals surface area contributed by atoms with E-state index in [9.17, 15) is 9.59 Å². The molecule has 0 atom stereocenters. The highest BCUT2D eigenvalue weighted by Gasteiger charge is 2.16. The van der Waals surface area contributed by atoms with Gasteiger partial charge in [-0.2, -0.15) is 0 Å². The number of hydrogen-bond acceptors (Lipinski definition) is 5. The van der Waals surface area contributed by atoms with Crippen LogP contribution in [0.5, 0.6) is 11.5 Å². The molecule has 26 heavy (non-hydrogen) atoms. The van der Waals surface area contributed by atoms with E-state index in [1.54, 1.807) is 47.4 Å². The van der Waals surface area contributed by atoms with Gasteiger partial charge in [-0.3, -0.25) is 9.59 Å². The van der Waals surface area contributed by atoms with Crippen LogP contribution in [-0.4, -0.2) is 51.6 Å². The SMILES string of the molecule is COc1cccc(C(=O)Nc2ccc(NC(=O)CN(C)C)cc2)c1OC. The summed E-state index contributed by atoms with van der Waals surface area (Å²) in [6.45, 7) is 0.300. The van der Waals surface area contributed by atoms with E-state index in [-0.39, 0.29) is 11.8 Å². The molecule has 0 unspecified atom stereocenters. The molecule has 7 nitrogen and oxygen atoms in total. The lowest BCUT2D eigenvalue weighted by Crippen LogP contribution is -2.27. The monoisotopic (exact) mass is 357 g/mol. The smallest absolute Gasteiger partial charge is 0.259 e. The van der Waals surface area contributed by atoms with Crippen LogP contribution in [0.4, 0.5) is 11.4 Å². The second-order valence-electron chi connectivity index (χ2n) is 5.86. The van der Waals surface area contributed by atoms with Crippen LogP contribution in [0, 0.1) is 0 Å². The molecule has 0 saturated heterocycles. The Balaban J connectivity index is 2.07. The molecule has 0 radical (unpaired) electrons. The second kappa shape index (κ2) is 8.87. The first-order valence-corrected chi connectivity index (χ1v) is 8.01. The summed E-state index contributed by atoms with van der Waals surface area (Å²) in [5.74, 6) is 0.442. The Bertz CT molecular complexity index is 773. The van der Waals surface area contributed by atoms with Gasteiger partial charge in [0.2, 0.25) is 5.91 Å². The van der Waals surface area contributed by atoms with Gasteiger partial charge in [-0.15, -0.1) is 0 Å². The summed E-state index contributed by atoms with van der Waals surface area (Å²) in [6.07, 6.45) is 0. The zero-order valence-electron chi connectivity index (χ0n) is 15.3. The van der Waals surface area contributed by atoms with E-state index < -0.39 is 0 Å². The number of carbonyl (C=O) groups excluding carboxylic acids is 2. The van der Waals surface area contributed by atoms with Crippen molar-refractivity contribution in [3.8, 4) is 11.5 Å². The average Bonchev–Trinajstić information content (AvgIpc) is 2.61. The van der Waals surface area contributed by atoms with E-state index in [2.05, 4.69) is 10.6 Å². The Kier molecular flexibility index (Phi) is 6.57. The number of benzene rings is 2. The first-order chi connectivity index (χ1) is 12.4. The molecule has 0 aliphatic rings. The Morgan fingerprint density at radius 2 is 1.54 bits per heavy atom. The first kappa shape index (κ1) is 19.3. The number of likely N-dealkylation sites (N-methyl/N-ethyl adjacent to an activating group) is 1. The van der Waals surface area contributed by atoms with Crippen LogP contribution in [0.1, 0.15) is 10.4 Å². The molecular weight excluding hydrogens is 334 g/mol. The standard InChI is InChI=1S/C19H23N3O4/c1-22(2)12-17(23)20-13-8-10-14(11-9-13)21-19(24)15-6-5-7-16(25-3)18(15)26-4/h5-11H,12H2,1-4H3,(H,20,23)(H,21,24). The van der Waals surface area contributed by atoms with E-state index in [0.29, 0.717) is 35.0 Å². The van der Waals surface area contributed by atoms with E-state index in [0.717, 1.165) is 0 Å². The molecule has 2 amide bonds. The van der Waals surface area contributed by atoms with Crippen LogP contribution < -0.4 is 20.1 Å². The largest absolute Gasteiger partial charge is 0.493 e. The minimum absolute atomic E-state index is 0.104. The number of ether oxygens (including phenoxy) is 2. The van der Waals surface area contributed by atoms with Gasteiger partial charge >= 0.3 is 0 Å². The molecule has 0 fully saturated rings. The summed E-state index contributed by atoms with van der Waals surface area (Å²) in [6, 6.07) is 12.0. The minimum atomic E-state index is -0.315. The average molecular weight is 357 g/mol. The molecular formula is C19H23N3O4. The summed E-state index contributed by atoms with van der Waals surface area (Å²) >= 11 is 0. The first-order valence-electron chi connectivity index (χ1n) is 8.01. The normalized spacial score (nSPS) is 10.3. The number of hydrogen-bond donors (Lipinski definition) is 2. The highest BCUT2D eigenvalue weighted by Crippen LogP contribution is 2.31. The molecule has 138 valence electrons. The van der Waals surface area contributed by atoms with Crippen molar-refractivity contribution in [2.24, 2.45) is 0 Å². The van der Waals surface area contributed by atoms with Crippen LogP contribution in [0.3, 0.4) is 0 Å². The lowest BCUT2D eigenvalue weighted by Gasteiger charge is -2.13. The van der Waals surface area contributed by atoms with Crippen molar-refractivity contribution in [2.75, 3.05) is 45.5 Å². The highest BCUT2D eigenvalue weighted by molar-refractivity contribution is 6.06. The fourth-order valence-electron chi connectivity index (χ4n) is 2.39. The van der Waals surface area contributed by atoms with Crippen molar-refractivity contribution in [3.63, 3.8) is 0 Å². The molecule has 0 saturated carbocycles. The van der Waals surface area contributed by atoms with Crippen LogP contribution >= 0.6 is 0 Å². The quantitative estimate of drug-likeness (QED) is 0.796. The Morgan fingerprint density at radius 3 is 2.08 bits per heavy atom. The molecule has 2 N–H and O–H groups in total. The number of methoxy groups -OCH3 is 2. The fraction of sp³-hybridized carbons (Fsp3) is 0.263. The van der Waals surface area contributed by atoms with Crippen molar-refractivity contribution in [2.45, 2.75) is 0 Å². The highest BCUT2D eigenvalue weighted by atomic mass is 16.5. The zero-order chi connectivity index (χ0) is 19.1. The Morgan fingerprint density at radius 1 is 0.923 bits per heavy atom. The summed E-state index contributed by atoms with van der Waals surface area (Å²) in [5.41, 5.74) is 1.63. The van der Waals surface area contributed by atoms with Crippen LogP contribution in [0.25, 0.3) is 0 Å². The van der Waals surface area contributed by atoms with Gasteiger partial charge in [0.05, 0.1) is 26.3 Å². The topological polar surface area (TPSA) is 79.9 Å². The number of anilines is 2. The van der Waals surface area contributed by atoms with Gasteiger partial charge in [-0.25, -0.2) is 0 Å². The van der Waals surface area contributed by atoms with Crippen molar-refractivity contribution < 1.29 is 19.1 Å². The number of carbonyl (C=O) groups is 2. The third kappa shape index (κ3) is 4.97. The van der Waals surface area contributed by atoms with Crippen molar-refractivity contribution in [3.05, 3.63) is 48.0 Å². The molecule has 2 rings (SSSR count). The molecule has 0 aliphatic carbocycles. The molecule has 0 heterocycles. The molecule has 0 spiro atoms. The minimum Gasteiger partial charge on any atom is -0.493 e. The number of nitrogens with zero attached hydrogens (tertiary/aromatic N) is 1. The van der Waals surface area contributed by atoms with Crippen molar-refractivity contribution >= 4 is 23.2 Å². The van der Waals surface area contributed by atoms with Gasteiger partial charge in [0.15, 0.2) is 11.5 Å². The zero-order valence-corrected chi connectivity index (χ0v) is 15.3. The van der Waals surface area contributed by atoms with Crippen LogP contribution in [0.15, 0.2) is 42.5 Å². The van der Waals surface area contributed by atoms with Gasteiger partial charge in [0.25, 0.3) is 5.91 Å². The predicted octanol–water partition coefficient (Wildman–Crippen LogP) is 2.46. The number of amides is 2. The van der Waals surface area contributed by atoms with Gasteiger partial charge in [-0.05, 0) is 50.5 Å². The lowest BCUT2D eigenvalue weighted by molar-refractivity contribution is -0.116. The summed E-state index contributed by atoms with van der Waals surface area (Å²) in [5, 5.41) is 5.59. The van der Waals surface area contributed by atoms with Crippen LogP contribution in [0.2, 0.25) is 0 Å². The third-order valence-electron chi connectivity index (χ3n) is 3.53. The lowest BCUT2D eigenvalue weighted by atomic mass is 10.1. The number of nitrogens with one attached hydrogen (secondary N) is 2. The van der Waals surface area contributed by atoms with Crippen LogP contribution in [-0.2, 0) is 4.79 Å². The molecule has 2 aromatic rings. The van der Waals surface area contributed by atoms with Crippen molar-refractivity contribution in [1.82, 2.24) is 4.90 Å². The van der Waals surface area contributed by atoms with Gasteiger partial charge in [0, 0.05) is 11.4 Å². The number of rotatable bonds is 7. The van der Waals surface area contributed by atoms with Crippen molar-refractivity contribution in [1.29, 1.82) is 0 Å². The summed E-state index contributed by atoms with van der Waals surface area (Å²) in [7, 11) is 6.65. The molecule has 0 bridgehead atoms. The molecule has 7 heteroatoms. The summed E-state index contributed by atoms with van der Waals surface area (Å²) in [4.78, 5) is 26.1. The summed E-state index contributed by atoms with van der Waals surface area (Å²) < 4.78 is 10.5. The van der Waals surface area contributed by atoms with E-state index in [4.69, 9.17) is 9.47 Å². The maximum absolute atomic E-state index is 12.5. The van der Waals surface area contributed by atoms with Gasteiger partial charge in [0.1, 0.15) is 0 Å². The maximum Gasteiger partial charge on any atom is 0.259 e. The predicted molar refractivity (Wildman–Crippen MR) is 101 cm³/mol. The maximum atomic E-state index is 12.5. The molecule has 0 aliphatic heterocycles.